The van der Waals surface area contributed by atoms with E-state index in [0.717, 1.165) is 55.3 Å². The third kappa shape index (κ3) is 4.44. The lowest BCUT2D eigenvalue weighted by Gasteiger charge is -2.18. The van der Waals surface area contributed by atoms with Crippen LogP contribution in [-0.2, 0) is 0 Å². The number of hydrogen-bond donors (Lipinski definition) is 0. The van der Waals surface area contributed by atoms with Gasteiger partial charge >= 0.3 is 0 Å². The molecule has 256 valence electrons. The molecule has 3 nitrogen and oxygen atoms in total. The zero-order chi connectivity index (χ0) is 36.0. The summed E-state index contributed by atoms with van der Waals surface area (Å²) < 4.78 is 15.0. The fourth-order valence-corrected chi connectivity index (χ4v) is 9.03. The van der Waals surface area contributed by atoms with Gasteiger partial charge in [0.05, 0.1) is 17.3 Å². The van der Waals surface area contributed by atoms with Crippen molar-refractivity contribution in [3.63, 3.8) is 0 Å². The Hall–Kier alpha value is -7.36. The molecule has 0 aliphatic rings. The number of rotatable bonds is 4. The lowest BCUT2D eigenvalue weighted by molar-refractivity contribution is 0.617. The molecule has 0 spiro atoms. The summed E-state index contributed by atoms with van der Waals surface area (Å²) in [4.78, 5) is 0. The van der Waals surface area contributed by atoms with E-state index in [1.807, 2.05) is 12.3 Å². The highest BCUT2D eigenvalue weighted by Gasteiger charge is 2.20. The predicted octanol–water partition coefficient (Wildman–Crippen LogP) is 14.7. The highest BCUT2D eigenvalue weighted by molar-refractivity contribution is 6.23. The molecule has 0 amide bonds. The third-order valence-corrected chi connectivity index (χ3v) is 11.4. The van der Waals surface area contributed by atoms with Crippen LogP contribution in [0.25, 0.3) is 115 Å². The monoisotopic (exact) mass is 701 g/mol. The Balaban J connectivity index is 1.08. The third-order valence-electron chi connectivity index (χ3n) is 11.4. The smallest absolute Gasteiger partial charge is 0.136 e. The molecule has 0 unspecified atom stereocenters. The van der Waals surface area contributed by atoms with Gasteiger partial charge in [0, 0.05) is 38.2 Å². The van der Waals surface area contributed by atoms with Crippen LogP contribution in [0.3, 0.4) is 0 Å². The number of para-hydroxylation sites is 2. The Bertz CT molecular complexity index is 3420. The minimum Gasteiger partial charge on any atom is -0.464 e. The average molecular weight is 702 g/mol. The maximum Gasteiger partial charge on any atom is 0.136 e. The van der Waals surface area contributed by atoms with Crippen molar-refractivity contribution in [1.82, 2.24) is 4.57 Å². The summed E-state index contributed by atoms with van der Waals surface area (Å²) in [6, 6.07) is 65.4. The summed E-state index contributed by atoms with van der Waals surface area (Å²) in [7, 11) is 0. The normalized spacial score (nSPS) is 12.0. The van der Waals surface area contributed by atoms with Gasteiger partial charge in [-0.15, -0.1) is 0 Å². The van der Waals surface area contributed by atoms with E-state index >= 15 is 0 Å². The fourth-order valence-electron chi connectivity index (χ4n) is 9.03. The van der Waals surface area contributed by atoms with Crippen LogP contribution < -0.4 is 0 Å². The molecule has 0 fully saturated rings. The maximum absolute atomic E-state index is 6.52. The van der Waals surface area contributed by atoms with Gasteiger partial charge in [0.2, 0.25) is 0 Å². The molecule has 0 aliphatic carbocycles. The van der Waals surface area contributed by atoms with E-state index in [2.05, 4.69) is 180 Å². The highest BCUT2D eigenvalue weighted by atomic mass is 16.3. The van der Waals surface area contributed by atoms with Gasteiger partial charge in [-0.25, -0.2) is 0 Å². The number of fused-ring (bicyclic) bond motifs is 9. The minimum atomic E-state index is 0.851. The van der Waals surface area contributed by atoms with E-state index in [1.54, 1.807) is 0 Å². The molecule has 12 aromatic rings. The highest BCUT2D eigenvalue weighted by Crippen LogP contribution is 2.46. The van der Waals surface area contributed by atoms with Crippen LogP contribution in [0.5, 0.6) is 0 Å². The Morgan fingerprint density at radius 1 is 0.327 bits per heavy atom. The summed E-state index contributed by atoms with van der Waals surface area (Å²) in [5, 5.41) is 10.6. The first-order valence-corrected chi connectivity index (χ1v) is 18.7. The number of aromatic nitrogens is 1. The molecule has 0 radical (unpaired) electrons. The van der Waals surface area contributed by atoms with Crippen molar-refractivity contribution in [2.75, 3.05) is 0 Å². The van der Waals surface area contributed by atoms with E-state index in [1.165, 1.54) is 60.0 Å². The largest absolute Gasteiger partial charge is 0.464 e. The molecule has 55 heavy (non-hydrogen) atoms. The van der Waals surface area contributed by atoms with Gasteiger partial charge in [0.1, 0.15) is 16.7 Å². The molecule has 0 saturated heterocycles. The van der Waals surface area contributed by atoms with E-state index in [-0.39, 0.29) is 0 Å². The first-order chi connectivity index (χ1) is 27.3. The lowest BCUT2D eigenvalue weighted by Crippen LogP contribution is -1.93. The SMILES string of the molecule is c1ccc(-c2coc3cc4c(cc23)oc2ccc(-c3c5ccccc5c(-c5ccc6c(c5)c5ccccc5n6-c5ccccc5)c5ccccc35)cc24)cc1. The number of hydrogen-bond acceptors (Lipinski definition) is 2. The van der Waals surface area contributed by atoms with Crippen LogP contribution in [-0.4, -0.2) is 4.57 Å². The van der Waals surface area contributed by atoms with E-state index in [4.69, 9.17) is 8.83 Å². The van der Waals surface area contributed by atoms with Crippen LogP contribution in [0.1, 0.15) is 0 Å². The summed E-state index contributed by atoms with van der Waals surface area (Å²) in [6.45, 7) is 0. The number of benzene rings is 9. The molecular weight excluding hydrogens is 671 g/mol. The molecular formula is C52H31NO2. The standard InChI is InChI=1S/C52H31NO2/c1-3-13-32(14-4-1)45-31-54-49-29-43-42-28-34(24-26-48(42)55-50(43)30-44(45)49)52-39-20-9-7-18-37(39)51(38-19-8-10-21-40(38)52)33-23-25-47-41(27-33)36-17-11-12-22-46(36)53(47)35-15-5-2-6-16-35/h1-31H. The maximum atomic E-state index is 6.52. The van der Waals surface area contributed by atoms with Crippen molar-refractivity contribution in [1.29, 1.82) is 0 Å². The van der Waals surface area contributed by atoms with Gasteiger partial charge in [0.15, 0.2) is 0 Å². The van der Waals surface area contributed by atoms with E-state index < -0.39 is 0 Å². The Kier molecular flexibility index (Phi) is 6.34. The van der Waals surface area contributed by atoms with E-state index in [0.29, 0.717) is 0 Å². The second-order valence-corrected chi connectivity index (χ2v) is 14.4. The molecule has 3 aromatic heterocycles. The minimum absolute atomic E-state index is 0.851. The first-order valence-electron chi connectivity index (χ1n) is 18.7. The zero-order valence-corrected chi connectivity index (χ0v) is 29.7. The van der Waals surface area contributed by atoms with Gasteiger partial charge in [0.25, 0.3) is 0 Å². The molecule has 12 rings (SSSR count). The van der Waals surface area contributed by atoms with Crippen LogP contribution in [0.4, 0.5) is 0 Å². The topological polar surface area (TPSA) is 31.2 Å². The number of nitrogens with zero attached hydrogens (tertiary/aromatic N) is 1. The van der Waals surface area contributed by atoms with Crippen molar-refractivity contribution in [3.8, 4) is 39.1 Å². The van der Waals surface area contributed by atoms with Gasteiger partial charge in [-0.05, 0) is 104 Å². The Morgan fingerprint density at radius 3 is 1.55 bits per heavy atom. The molecule has 0 aliphatic heterocycles. The quantitative estimate of drug-likeness (QED) is 0.171. The Morgan fingerprint density at radius 2 is 0.855 bits per heavy atom. The molecule has 3 heteroatoms. The molecule has 9 aromatic carbocycles. The van der Waals surface area contributed by atoms with Gasteiger partial charge < -0.3 is 13.4 Å². The zero-order valence-electron chi connectivity index (χ0n) is 29.7. The molecule has 3 heterocycles. The van der Waals surface area contributed by atoms with E-state index in [9.17, 15) is 0 Å². The van der Waals surface area contributed by atoms with Crippen molar-refractivity contribution in [2.45, 2.75) is 0 Å². The summed E-state index contributed by atoms with van der Waals surface area (Å²) in [5.74, 6) is 0. The molecule has 0 saturated carbocycles. The summed E-state index contributed by atoms with van der Waals surface area (Å²) in [6.07, 6.45) is 1.85. The van der Waals surface area contributed by atoms with Gasteiger partial charge in [-0.1, -0.05) is 127 Å². The lowest BCUT2D eigenvalue weighted by atomic mass is 9.85. The first kappa shape index (κ1) is 30.1. The van der Waals surface area contributed by atoms with Crippen LogP contribution >= 0.6 is 0 Å². The van der Waals surface area contributed by atoms with Crippen LogP contribution in [0.15, 0.2) is 197 Å². The average Bonchev–Trinajstić information content (AvgIpc) is 3.93. The van der Waals surface area contributed by atoms with Crippen LogP contribution in [0, 0.1) is 0 Å². The molecule has 0 N–H and O–H groups in total. The van der Waals surface area contributed by atoms with Crippen molar-refractivity contribution in [2.24, 2.45) is 0 Å². The fraction of sp³-hybridized carbons (Fsp3) is 0. The van der Waals surface area contributed by atoms with Crippen molar-refractivity contribution >= 4 is 76.3 Å². The summed E-state index contributed by atoms with van der Waals surface area (Å²) in [5.41, 5.74) is 13.2. The Labute approximate surface area is 315 Å². The molecule has 0 bridgehead atoms. The molecule has 0 atom stereocenters. The van der Waals surface area contributed by atoms with Crippen molar-refractivity contribution < 1.29 is 8.83 Å². The summed E-state index contributed by atoms with van der Waals surface area (Å²) >= 11 is 0. The van der Waals surface area contributed by atoms with Crippen LogP contribution in [0.2, 0.25) is 0 Å². The van der Waals surface area contributed by atoms with Gasteiger partial charge in [-0.3, -0.25) is 0 Å². The second kappa shape index (κ2) is 11.6. The second-order valence-electron chi connectivity index (χ2n) is 14.4. The predicted molar refractivity (Wildman–Crippen MR) is 229 cm³/mol. The van der Waals surface area contributed by atoms with Gasteiger partial charge in [-0.2, -0.15) is 0 Å². The number of furan rings is 2. The van der Waals surface area contributed by atoms with Crippen molar-refractivity contribution in [3.05, 3.63) is 188 Å².